The first-order valence-corrected chi connectivity index (χ1v) is 4.33. The Balaban J connectivity index is 2.82. The van der Waals surface area contributed by atoms with Gasteiger partial charge in [0.25, 0.3) is 0 Å². The maximum absolute atomic E-state index is 4.01. The number of halogens is 1. The molecule has 0 unspecified atom stereocenters. The fourth-order valence-electron chi connectivity index (χ4n) is 0.670. The van der Waals surface area contributed by atoms with E-state index < -0.39 is 0 Å². The SMILES string of the molecule is CN(C)N=Nc1ccccc1Br. The van der Waals surface area contributed by atoms with Gasteiger partial charge in [0, 0.05) is 18.6 Å². The van der Waals surface area contributed by atoms with Crippen LogP contribution in [0.1, 0.15) is 0 Å². The minimum Gasteiger partial charge on any atom is -0.285 e. The molecular weight excluding hydrogens is 218 g/mol. The van der Waals surface area contributed by atoms with Crippen LogP contribution in [0.5, 0.6) is 0 Å². The fraction of sp³-hybridized carbons (Fsp3) is 0.250. The molecule has 4 heteroatoms. The Kier molecular flexibility index (Phi) is 3.22. The van der Waals surface area contributed by atoms with Crippen LogP contribution in [-0.2, 0) is 0 Å². The number of nitrogens with zero attached hydrogens (tertiary/aromatic N) is 3. The number of hydrogen-bond acceptors (Lipinski definition) is 2. The van der Waals surface area contributed by atoms with E-state index in [1.54, 1.807) is 5.01 Å². The molecule has 0 bridgehead atoms. The zero-order chi connectivity index (χ0) is 8.97. The average molecular weight is 228 g/mol. The summed E-state index contributed by atoms with van der Waals surface area (Å²) in [6, 6.07) is 7.70. The van der Waals surface area contributed by atoms with Crippen molar-refractivity contribution in [2.75, 3.05) is 14.1 Å². The summed E-state index contributed by atoms with van der Waals surface area (Å²) in [6.45, 7) is 0. The van der Waals surface area contributed by atoms with Crippen LogP contribution in [0.3, 0.4) is 0 Å². The lowest BCUT2D eigenvalue weighted by molar-refractivity contribution is 0.408. The zero-order valence-electron chi connectivity index (χ0n) is 7.03. The van der Waals surface area contributed by atoms with E-state index in [1.807, 2.05) is 38.4 Å². The van der Waals surface area contributed by atoms with Crippen molar-refractivity contribution in [2.24, 2.45) is 10.3 Å². The molecule has 0 heterocycles. The summed E-state index contributed by atoms with van der Waals surface area (Å²) in [5.41, 5.74) is 0.839. The molecule has 0 fully saturated rings. The van der Waals surface area contributed by atoms with Gasteiger partial charge in [-0.25, -0.2) is 0 Å². The standard InChI is InChI=1S/C8H10BrN3/c1-12(2)11-10-8-6-4-3-5-7(8)9/h3-6H,1-2H3. The Morgan fingerprint density at radius 1 is 1.25 bits per heavy atom. The van der Waals surface area contributed by atoms with Crippen LogP contribution in [-0.4, -0.2) is 19.1 Å². The summed E-state index contributed by atoms with van der Waals surface area (Å²) in [4.78, 5) is 0. The van der Waals surface area contributed by atoms with Crippen molar-refractivity contribution in [1.29, 1.82) is 0 Å². The molecule has 12 heavy (non-hydrogen) atoms. The third-order valence-electron chi connectivity index (χ3n) is 1.18. The lowest BCUT2D eigenvalue weighted by atomic mass is 10.3. The van der Waals surface area contributed by atoms with Gasteiger partial charge in [0.2, 0.25) is 0 Å². The molecule has 0 atom stereocenters. The maximum Gasteiger partial charge on any atom is 0.102 e. The van der Waals surface area contributed by atoms with Crippen LogP contribution < -0.4 is 0 Å². The van der Waals surface area contributed by atoms with Crippen LogP contribution in [0, 0.1) is 0 Å². The van der Waals surface area contributed by atoms with Crippen molar-refractivity contribution in [3.63, 3.8) is 0 Å². The largest absolute Gasteiger partial charge is 0.285 e. The van der Waals surface area contributed by atoms with Gasteiger partial charge in [-0.3, -0.25) is 5.01 Å². The molecule has 64 valence electrons. The molecule has 0 saturated carbocycles. The highest BCUT2D eigenvalue weighted by Gasteiger charge is 1.94. The van der Waals surface area contributed by atoms with Crippen LogP contribution in [0.2, 0.25) is 0 Å². The second-order valence-corrected chi connectivity index (χ2v) is 3.34. The van der Waals surface area contributed by atoms with E-state index in [2.05, 4.69) is 26.3 Å². The fourth-order valence-corrected chi connectivity index (χ4v) is 1.03. The van der Waals surface area contributed by atoms with Crippen molar-refractivity contribution < 1.29 is 0 Å². The second-order valence-electron chi connectivity index (χ2n) is 2.49. The molecule has 0 aliphatic rings. The van der Waals surface area contributed by atoms with Crippen molar-refractivity contribution in [1.82, 2.24) is 5.01 Å². The lowest BCUT2D eigenvalue weighted by Crippen LogP contribution is -1.98. The molecule has 0 saturated heterocycles. The molecule has 1 rings (SSSR count). The summed E-state index contributed by atoms with van der Waals surface area (Å²) >= 11 is 3.37. The minimum absolute atomic E-state index is 0.839. The normalized spacial score (nSPS) is 10.6. The predicted molar refractivity (Wildman–Crippen MR) is 52.3 cm³/mol. The van der Waals surface area contributed by atoms with E-state index in [-0.39, 0.29) is 0 Å². The summed E-state index contributed by atoms with van der Waals surface area (Å²) < 4.78 is 0.954. The molecule has 0 N–H and O–H groups in total. The molecule has 1 aromatic rings. The predicted octanol–water partition coefficient (Wildman–Crippen LogP) is 3.01. The van der Waals surface area contributed by atoms with Crippen molar-refractivity contribution in [2.45, 2.75) is 0 Å². The summed E-state index contributed by atoms with van der Waals surface area (Å²) in [6.07, 6.45) is 0. The second kappa shape index (κ2) is 4.21. The lowest BCUT2D eigenvalue weighted by Gasteiger charge is -2.00. The van der Waals surface area contributed by atoms with Gasteiger partial charge in [-0.15, -0.1) is 5.11 Å². The molecule has 3 nitrogen and oxygen atoms in total. The molecule has 0 spiro atoms. The first kappa shape index (κ1) is 9.19. The number of hydrogen-bond donors (Lipinski definition) is 0. The Morgan fingerprint density at radius 3 is 2.50 bits per heavy atom. The minimum atomic E-state index is 0.839. The van der Waals surface area contributed by atoms with Crippen molar-refractivity contribution in [3.05, 3.63) is 28.7 Å². The third kappa shape index (κ3) is 2.62. The van der Waals surface area contributed by atoms with E-state index in [4.69, 9.17) is 0 Å². The van der Waals surface area contributed by atoms with Crippen LogP contribution in [0.15, 0.2) is 39.1 Å². The molecule has 0 amide bonds. The van der Waals surface area contributed by atoms with Crippen LogP contribution in [0.4, 0.5) is 5.69 Å². The smallest absolute Gasteiger partial charge is 0.102 e. The van der Waals surface area contributed by atoms with Crippen molar-refractivity contribution >= 4 is 21.6 Å². The quantitative estimate of drug-likeness (QED) is 0.564. The average Bonchev–Trinajstić information content (AvgIpc) is 2.03. The van der Waals surface area contributed by atoms with Gasteiger partial charge in [-0.1, -0.05) is 17.4 Å². The van der Waals surface area contributed by atoms with E-state index in [1.165, 1.54) is 0 Å². The Hall–Kier alpha value is -0.900. The molecular formula is C8H10BrN3. The van der Waals surface area contributed by atoms with Crippen LogP contribution in [0.25, 0.3) is 0 Å². The van der Waals surface area contributed by atoms with Crippen molar-refractivity contribution in [3.8, 4) is 0 Å². The molecule has 0 aromatic heterocycles. The molecule has 1 aromatic carbocycles. The summed E-state index contributed by atoms with van der Waals surface area (Å²) in [7, 11) is 3.67. The highest BCUT2D eigenvalue weighted by atomic mass is 79.9. The van der Waals surface area contributed by atoms with Gasteiger partial charge in [0.15, 0.2) is 0 Å². The van der Waals surface area contributed by atoms with E-state index in [9.17, 15) is 0 Å². The van der Waals surface area contributed by atoms with Gasteiger partial charge < -0.3 is 0 Å². The Bertz CT molecular complexity index is 283. The molecule has 0 radical (unpaired) electrons. The van der Waals surface area contributed by atoms with Gasteiger partial charge in [-0.05, 0) is 28.1 Å². The highest BCUT2D eigenvalue weighted by Crippen LogP contribution is 2.24. The monoisotopic (exact) mass is 227 g/mol. The van der Waals surface area contributed by atoms with E-state index in [0.717, 1.165) is 10.2 Å². The number of rotatable bonds is 2. The molecule has 0 aliphatic heterocycles. The Labute approximate surface area is 80.2 Å². The van der Waals surface area contributed by atoms with Crippen LogP contribution >= 0.6 is 15.9 Å². The topological polar surface area (TPSA) is 28.0 Å². The molecule has 0 aliphatic carbocycles. The number of benzene rings is 1. The van der Waals surface area contributed by atoms with Gasteiger partial charge >= 0.3 is 0 Å². The van der Waals surface area contributed by atoms with E-state index >= 15 is 0 Å². The summed E-state index contributed by atoms with van der Waals surface area (Å²) in [5, 5.41) is 9.55. The van der Waals surface area contributed by atoms with Gasteiger partial charge in [0.1, 0.15) is 5.69 Å². The summed E-state index contributed by atoms with van der Waals surface area (Å²) in [5.74, 6) is 0. The highest BCUT2D eigenvalue weighted by molar-refractivity contribution is 9.10. The Morgan fingerprint density at radius 2 is 1.92 bits per heavy atom. The zero-order valence-corrected chi connectivity index (χ0v) is 8.62. The third-order valence-corrected chi connectivity index (χ3v) is 1.85. The van der Waals surface area contributed by atoms with E-state index in [0.29, 0.717) is 0 Å². The maximum atomic E-state index is 4.01. The van der Waals surface area contributed by atoms with Gasteiger partial charge in [-0.2, -0.15) is 0 Å². The van der Waals surface area contributed by atoms with Gasteiger partial charge in [0.05, 0.1) is 0 Å². The first-order chi connectivity index (χ1) is 5.70. The first-order valence-electron chi connectivity index (χ1n) is 3.53.